The highest BCUT2D eigenvalue weighted by Crippen LogP contribution is 2.36. The number of halogens is 2. The summed E-state index contributed by atoms with van der Waals surface area (Å²) in [6.07, 6.45) is 1.76. The lowest BCUT2D eigenvalue weighted by Gasteiger charge is -2.12. The first-order valence-electron chi connectivity index (χ1n) is 5.90. The molecule has 0 saturated heterocycles. The van der Waals surface area contributed by atoms with Gasteiger partial charge in [-0.3, -0.25) is 0 Å². The van der Waals surface area contributed by atoms with Crippen LogP contribution in [0.2, 0.25) is 0 Å². The number of anilines is 1. The summed E-state index contributed by atoms with van der Waals surface area (Å²) >= 11 is 6.84. The molecule has 0 aliphatic heterocycles. The van der Waals surface area contributed by atoms with Crippen molar-refractivity contribution in [2.75, 3.05) is 19.5 Å². The van der Waals surface area contributed by atoms with E-state index in [9.17, 15) is 0 Å². The summed E-state index contributed by atoms with van der Waals surface area (Å²) in [4.78, 5) is 4.27. The van der Waals surface area contributed by atoms with E-state index >= 15 is 0 Å². The second kappa shape index (κ2) is 6.95. The smallest absolute Gasteiger partial charge is 0.174 e. The third-order valence-electron chi connectivity index (χ3n) is 2.69. The standard InChI is InChI=1S/C14H14Br2N2O2/c1-19-12-6-9(5-11(16)14(12)20-2)7-17-13-4-3-10(15)8-18-13/h3-6,8H,7H2,1-2H3,(H,17,18). The highest BCUT2D eigenvalue weighted by atomic mass is 79.9. The van der Waals surface area contributed by atoms with E-state index in [1.807, 2.05) is 24.3 Å². The highest BCUT2D eigenvalue weighted by molar-refractivity contribution is 9.10. The van der Waals surface area contributed by atoms with Crippen molar-refractivity contribution in [1.29, 1.82) is 0 Å². The van der Waals surface area contributed by atoms with E-state index in [1.165, 1.54) is 0 Å². The van der Waals surface area contributed by atoms with Gasteiger partial charge in [0.05, 0.1) is 18.7 Å². The molecule has 0 radical (unpaired) electrons. The van der Waals surface area contributed by atoms with Crippen LogP contribution in [0.4, 0.5) is 5.82 Å². The van der Waals surface area contributed by atoms with Gasteiger partial charge in [-0.25, -0.2) is 4.98 Å². The van der Waals surface area contributed by atoms with Gasteiger partial charge in [-0.1, -0.05) is 0 Å². The van der Waals surface area contributed by atoms with E-state index in [0.29, 0.717) is 18.0 Å². The van der Waals surface area contributed by atoms with Crippen LogP contribution in [0, 0.1) is 0 Å². The van der Waals surface area contributed by atoms with Crippen LogP contribution >= 0.6 is 31.9 Å². The molecule has 0 saturated carbocycles. The summed E-state index contributed by atoms with van der Waals surface area (Å²) in [6, 6.07) is 7.79. The highest BCUT2D eigenvalue weighted by Gasteiger charge is 2.10. The summed E-state index contributed by atoms with van der Waals surface area (Å²) in [5.74, 6) is 2.21. The van der Waals surface area contributed by atoms with Gasteiger partial charge in [0.25, 0.3) is 0 Å². The minimum atomic E-state index is 0.646. The van der Waals surface area contributed by atoms with Gasteiger partial charge in [-0.05, 0) is 61.7 Å². The van der Waals surface area contributed by atoms with Crippen LogP contribution in [0.25, 0.3) is 0 Å². The van der Waals surface area contributed by atoms with Gasteiger partial charge in [-0.15, -0.1) is 0 Å². The van der Waals surface area contributed by atoms with E-state index < -0.39 is 0 Å². The topological polar surface area (TPSA) is 43.4 Å². The molecule has 0 spiro atoms. The lowest BCUT2D eigenvalue weighted by molar-refractivity contribution is 0.352. The van der Waals surface area contributed by atoms with E-state index in [-0.39, 0.29) is 0 Å². The number of benzene rings is 1. The Balaban J connectivity index is 2.13. The lowest BCUT2D eigenvalue weighted by Crippen LogP contribution is -2.02. The van der Waals surface area contributed by atoms with Crippen molar-refractivity contribution in [1.82, 2.24) is 4.98 Å². The zero-order chi connectivity index (χ0) is 14.5. The molecule has 0 unspecified atom stereocenters. The fraction of sp³-hybridized carbons (Fsp3) is 0.214. The molecule has 2 aromatic rings. The summed E-state index contributed by atoms with van der Waals surface area (Å²) in [5.41, 5.74) is 1.07. The Hall–Kier alpha value is -1.27. The molecule has 0 aliphatic rings. The second-order valence-corrected chi connectivity index (χ2v) is 5.80. The van der Waals surface area contributed by atoms with Crippen molar-refractivity contribution in [3.8, 4) is 11.5 Å². The van der Waals surface area contributed by atoms with Crippen LogP contribution in [0.1, 0.15) is 5.56 Å². The molecule has 0 amide bonds. The zero-order valence-corrected chi connectivity index (χ0v) is 14.3. The molecular formula is C14H14Br2N2O2. The van der Waals surface area contributed by atoms with Gasteiger partial charge >= 0.3 is 0 Å². The van der Waals surface area contributed by atoms with Crippen LogP contribution in [0.5, 0.6) is 11.5 Å². The third kappa shape index (κ3) is 3.64. The maximum atomic E-state index is 5.32. The molecule has 2 rings (SSSR count). The van der Waals surface area contributed by atoms with E-state index in [2.05, 4.69) is 42.2 Å². The maximum Gasteiger partial charge on any atom is 0.174 e. The molecule has 1 N–H and O–H groups in total. The third-order valence-corrected chi connectivity index (χ3v) is 3.75. The number of pyridine rings is 1. The van der Waals surface area contributed by atoms with Crippen LogP contribution in [-0.4, -0.2) is 19.2 Å². The summed E-state index contributed by atoms with van der Waals surface area (Å²) in [5, 5.41) is 3.26. The van der Waals surface area contributed by atoms with Crippen LogP contribution < -0.4 is 14.8 Å². The predicted molar refractivity (Wildman–Crippen MR) is 86.5 cm³/mol. The molecule has 20 heavy (non-hydrogen) atoms. The van der Waals surface area contributed by atoms with Gasteiger partial charge in [-0.2, -0.15) is 0 Å². The number of ether oxygens (including phenoxy) is 2. The Bertz CT molecular complexity index is 588. The molecular weight excluding hydrogens is 388 g/mol. The van der Waals surface area contributed by atoms with Crippen LogP contribution in [0.3, 0.4) is 0 Å². The predicted octanol–water partition coefficient (Wildman–Crippen LogP) is 4.24. The molecule has 6 heteroatoms. The minimum Gasteiger partial charge on any atom is -0.493 e. The largest absolute Gasteiger partial charge is 0.493 e. The Kier molecular flexibility index (Phi) is 5.25. The summed E-state index contributed by atoms with van der Waals surface area (Å²) in [7, 11) is 3.24. The second-order valence-electron chi connectivity index (χ2n) is 4.03. The first-order chi connectivity index (χ1) is 9.63. The van der Waals surface area contributed by atoms with Crippen molar-refractivity contribution >= 4 is 37.7 Å². The fourth-order valence-corrected chi connectivity index (χ4v) is 2.63. The fourth-order valence-electron chi connectivity index (χ4n) is 1.75. The zero-order valence-electron chi connectivity index (χ0n) is 11.1. The van der Waals surface area contributed by atoms with Crippen molar-refractivity contribution in [2.24, 2.45) is 0 Å². The molecule has 0 bridgehead atoms. The number of nitrogens with one attached hydrogen (secondary N) is 1. The van der Waals surface area contributed by atoms with Crippen molar-refractivity contribution in [3.05, 3.63) is 45.0 Å². The molecule has 1 heterocycles. The van der Waals surface area contributed by atoms with Crippen LogP contribution in [0.15, 0.2) is 39.4 Å². The number of hydrogen-bond donors (Lipinski definition) is 1. The number of nitrogens with zero attached hydrogens (tertiary/aromatic N) is 1. The van der Waals surface area contributed by atoms with Gasteiger partial charge in [0.1, 0.15) is 5.82 Å². The van der Waals surface area contributed by atoms with E-state index in [1.54, 1.807) is 20.4 Å². The average molecular weight is 402 g/mol. The first-order valence-corrected chi connectivity index (χ1v) is 7.48. The van der Waals surface area contributed by atoms with Crippen molar-refractivity contribution in [2.45, 2.75) is 6.54 Å². The van der Waals surface area contributed by atoms with Gasteiger partial charge in [0.2, 0.25) is 0 Å². The summed E-state index contributed by atoms with van der Waals surface area (Å²) in [6.45, 7) is 0.646. The minimum absolute atomic E-state index is 0.646. The molecule has 0 aliphatic carbocycles. The molecule has 0 fully saturated rings. The number of hydrogen-bond acceptors (Lipinski definition) is 4. The van der Waals surface area contributed by atoms with E-state index in [4.69, 9.17) is 9.47 Å². The number of rotatable bonds is 5. The monoisotopic (exact) mass is 400 g/mol. The molecule has 106 valence electrons. The molecule has 0 atom stereocenters. The normalized spacial score (nSPS) is 10.2. The Morgan fingerprint density at radius 3 is 2.55 bits per heavy atom. The van der Waals surface area contributed by atoms with Crippen LogP contribution in [-0.2, 0) is 6.54 Å². The number of methoxy groups -OCH3 is 2. The Morgan fingerprint density at radius 1 is 1.15 bits per heavy atom. The summed E-state index contributed by atoms with van der Waals surface area (Å²) < 4.78 is 12.4. The maximum absolute atomic E-state index is 5.32. The Labute approximate surface area is 134 Å². The molecule has 1 aromatic heterocycles. The van der Waals surface area contributed by atoms with Gasteiger partial charge in [0.15, 0.2) is 11.5 Å². The first kappa shape index (κ1) is 15.1. The van der Waals surface area contributed by atoms with Crippen molar-refractivity contribution < 1.29 is 9.47 Å². The van der Waals surface area contributed by atoms with Gasteiger partial charge in [0, 0.05) is 17.2 Å². The van der Waals surface area contributed by atoms with Gasteiger partial charge < -0.3 is 14.8 Å². The lowest BCUT2D eigenvalue weighted by atomic mass is 10.2. The average Bonchev–Trinajstić information content (AvgIpc) is 2.46. The molecule has 4 nitrogen and oxygen atoms in total. The Morgan fingerprint density at radius 2 is 1.95 bits per heavy atom. The van der Waals surface area contributed by atoms with E-state index in [0.717, 1.165) is 20.3 Å². The van der Waals surface area contributed by atoms with Crippen molar-refractivity contribution in [3.63, 3.8) is 0 Å². The quantitative estimate of drug-likeness (QED) is 0.813. The molecule has 1 aromatic carbocycles. The SMILES string of the molecule is COc1cc(CNc2ccc(Br)cn2)cc(Br)c1OC. The number of aromatic nitrogens is 1.